The van der Waals surface area contributed by atoms with Crippen molar-refractivity contribution in [2.24, 2.45) is 0 Å². The second-order valence-electron chi connectivity index (χ2n) is 9.89. The van der Waals surface area contributed by atoms with E-state index in [1.807, 2.05) is 6.07 Å². The molecule has 6 rings (SSSR count). The predicted octanol–water partition coefficient (Wildman–Crippen LogP) is 7.01. The fourth-order valence-corrected chi connectivity index (χ4v) is 5.28. The van der Waals surface area contributed by atoms with Crippen LogP contribution < -0.4 is 9.62 Å². The number of rotatable bonds is 8. The van der Waals surface area contributed by atoms with E-state index in [0.717, 1.165) is 81.6 Å². The summed E-state index contributed by atoms with van der Waals surface area (Å²) in [6.45, 7) is 6.56. The largest absolute Gasteiger partial charge is 0.650 e. The molecule has 3 heterocycles. The second kappa shape index (κ2) is 16.0. The Labute approximate surface area is 270 Å². The maximum absolute atomic E-state index is 12.1. The molecule has 2 aliphatic heterocycles. The molecule has 0 aliphatic carbocycles. The third-order valence-corrected chi connectivity index (χ3v) is 7.44. The van der Waals surface area contributed by atoms with Crippen LogP contribution in [0.15, 0.2) is 66.7 Å². The predicted molar refractivity (Wildman–Crippen MR) is 155 cm³/mol. The Morgan fingerprint density at radius 1 is 1.00 bits per heavy atom. The van der Waals surface area contributed by atoms with Gasteiger partial charge in [-0.1, -0.05) is 35.3 Å². The number of ether oxygens (including phenoxy) is 2. The van der Waals surface area contributed by atoms with Crippen LogP contribution in [0.1, 0.15) is 35.7 Å². The quantitative estimate of drug-likeness (QED) is 0.121. The fourth-order valence-electron chi connectivity index (χ4n) is 5.11. The maximum Gasteiger partial charge on any atom is 0.165 e. The first-order chi connectivity index (χ1) is 19.6. The van der Waals surface area contributed by atoms with Crippen LogP contribution in [-0.4, -0.2) is 61.1 Å². The van der Waals surface area contributed by atoms with E-state index in [-0.39, 0.29) is 50.3 Å². The van der Waals surface area contributed by atoms with Crippen molar-refractivity contribution >= 4 is 22.5 Å². The SMILES string of the molecule is Clc1ccc2[nH]c3c(c2c1)CC[N-]C3c1ccc(OCCCCN2CCOCC2)cc1.OOc1ccc(F)cc1.[Y]. The number of H-pyrrole nitrogens is 1. The molecule has 0 bridgehead atoms. The molecule has 41 heavy (non-hydrogen) atoms. The van der Waals surface area contributed by atoms with Gasteiger partial charge in [-0.15, -0.1) is 6.54 Å². The number of hydrogen-bond acceptors (Lipinski definition) is 5. The zero-order chi connectivity index (χ0) is 27.7. The first kappa shape index (κ1) is 31.9. The average molecular weight is 656 g/mol. The van der Waals surface area contributed by atoms with E-state index in [4.69, 9.17) is 31.6 Å². The van der Waals surface area contributed by atoms with Gasteiger partial charge in [0.1, 0.15) is 11.6 Å². The van der Waals surface area contributed by atoms with E-state index in [9.17, 15) is 4.39 Å². The van der Waals surface area contributed by atoms with Gasteiger partial charge in [0.05, 0.1) is 19.8 Å². The van der Waals surface area contributed by atoms with E-state index in [1.165, 1.54) is 46.5 Å². The molecule has 215 valence electrons. The normalized spacial score (nSPS) is 16.7. The Hall–Kier alpha value is -2.04. The topological polar surface area (TPSA) is 81.1 Å². The Kier molecular flexibility index (Phi) is 12.4. The first-order valence-corrected chi connectivity index (χ1v) is 14.0. The van der Waals surface area contributed by atoms with Crippen molar-refractivity contribution in [3.05, 3.63) is 99.7 Å². The third-order valence-electron chi connectivity index (χ3n) is 7.20. The minimum atomic E-state index is -0.351. The Morgan fingerprint density at radius 2 is 1.73 bits per heavy atom. The number of benzene rings is 3. The average Bonchev–Trinajstić information content (AvgIpc) is 3.37. The number of halogens is 2. The molecular formula is C31H34ClFN3O4Y-. The molecule has 3 aromatic carbocycles. The summed E-state index contributed by atoms with van der Waals surface area (Å²) in [7, 11) is 0. The number of unbranched alkanes of at least 4 members (excludes halogenated alkanes) is 1. The smallest absolute Gasteiger partial charge is 0.165 e. The number of aromatic amines is 1. The molecule has 1 radical (unpaired) electrons. The van der Waals surface area contributed by atoms with Crippen LogP contribution in [0.25, 0.3) is 16.2 Å². The van der Waals surface area contributed by atoms with Crippen molar-refractivity contribution in [1.29, 1.82) is 0 Å². The molecule has 1 atom stereocenters. The number of aromatic nitrogens is 1. The molecule has 0 saturated carbocycles. The van der Waals surface area contributed by atoms with Crippen LogP contribution in [0.4, 0.5) is 4.39 Å². The number of fused-ring (bicyclic) bond motifs is 3. The summed E-state index contributed by atoms with van der Waals surface area (Å²) >= 11 is 6.23. The molecule has 1 unspecified atom stereocenters. The van der Waals surface area contributed by atoms with Crippen molar-refractivity contribution in [1.82, 2.24) is 9.88 Å². The number of nitrogens with zero attached hydrogens (tertiary/aromatic N) is 2. The molecule has 2 N–H and O–H groups in total. The van der Waals surface area contributed by atoms with Crippen LogP contribution >= 0.6 is 11.6 Å². The van der Waals surface area contributed by atoms with Crippen LogP contribution in [-0.2, 0) is 43.9 Å². The van der Waals surface area contributed by atoms with E-state index in [2.05, 4.69) is 51.2 Å². The van der Waals surface area contributed by atoms with Crippen molar-refractivity contribution in [3.8, 4) is 11.5 Å². The summed E-state index contributed by atoms with van der Waals surface area (Å²) in [6.07, 6.45) is 3.18. The molecule has 10 heteroatoms. The molecule has 1 saturated heterocycles. The Balaban J connectivity index is 0.000000333. The zero-order valence-corrected chi connectivity index (χ0v) is 26.5. The fraction of sp³-hybridized carbons (Fsp3) is 0.355. The molecule has 2 aliphatic rings. The van der Waals surface area contributed by atoms with Crippen LogP contribution in [0.2, 0.25) is 5.02 Å². The van der Waals surface area contributed by atoms with Gasteiger partial charge in [-0.25, -0.2) is 9.65 Å². The Bertz CT molecular complexity index is 1360. The molecule has 4 aromatic rings. The van der Waals surface area contributed by atoms with Crippen LogP contribution in [0.3, 0.4) is 0 Å². The number of morpholine rings is 1. The van der Waals surface area contributed by atoms with Gasteiger partial charge in [0, 0.05) is 67.4 Å². The van der Waals surface area contributed by atoms with Gasteiger partial charge in [-0.2, -0.15) is 0 Å². The molecule has 0 spiro atoms. The standard InChI is InChI=1S/C25H29ClN3O2.C6H5FO2.Y/c26-19-5-8-23-22(17-19)21-9-10-27-24(25(21)28-23)18-3-6-20(7-4-18)31-14-2-1-11-29-12-15-30-16-13-29;7-5-1-3-6(9-8)4-2-5;/h3-8,17,24,28H,1-2,9-16H2;1-4,8H;/q-1;;. The first-order valence-electron chi connectivity index (χ1n) is 13.7. The second-order valence-corrected chi connectivity index (χ2v) is 10.3. The summed E-state index contributed by atoms with van der Waals surface area (Å²) in [5.41, 5.74) is 4.87. The van der Waals surface area contributed by atoms with Gasteiger partial charge >= 0.3 is 0 Å². The summed E-state index contributed by atoms with van der Waals surface area (Å²) < 4.78 is 23.5. The molecule has 1 fully saturated rings. The van der Waals surface area contributed by atoms with E-state index in [0.29, 0.717) is 0 Å². The summed E-state index contributed by atoms with van der Waals surface area (Å²) in [4.78, 5) is 9.86. The van der Waals surface area contributed by atoms with E-state index >= 15 is 0 Å². The molecule has 0 amide bonds. The van der Waals surface area contributed by atoms with Gasteiger partial charge in [-0.3, -0.25) is 4.90 Å². The minimum absolute atomic E-state index is 0. The van der Waals surface area contributed by atoms with Gasteiger partial charge < -0.3 is 24.7 Å². The molecule has 1 aromatic heterocycles. The minimum Gasteiger partial charge on any atom is -0.650 e. The van der Waals surface area contributed by atoms with Gasteiger partial charge in [-0.05, 0) is 86.0 Å². The molecule has 7 nitrogen and oxygen atoms in total. The van der Waals surface area contributed by atoms with Crippen molar-refractivity contribution in [2.45, 2.75) is 25.3 Å². The summed E-state index contributed by atoms with van der Waals surface area (Å²) in [5.74, 6) is 0.807. The summed E-state index contributed by atoms with van der Waals surface area (Å²) in [5, 5.41) is 14.9. The van der Waals surface area contributed by atoms with Gasteiger partial charge in [0.15, 0.2) is 5.75 Å². The number of nitrogens with one attached hydrogen (secondary N) is 1. The van der Waals surface area contributed by atoms with Crippen molar-refractivity contribution in [2.75, 3.05) is 46.0 Å². The summed E-state index contributed by atoms with van der Waals surface area (Å²) in [6, 6.07) is 19.6. The van der Waals surface area contributed by atoms with E-state index in [1.54, 1.807) is 0 Å². The monoisotopic (exact) mass is 655 g/mol. The Morgan fingerprint density at radius 3 is 2.46 bits per heavy atom. The van der Waals surface area contributed by atoms with Crippen LogP contribution in [0, 0.1) is 5.82 Å². The van der Waals surface area contributed by atoms with Crippen LogP contribution in [0.5, 0.6) is 11.5 Å². The third kappa shape index (κ3) is 8.74. The van der Waals surface area contributed by atoms with Crippen molar-refractivity contribution < 1.29 is 56.7 Å². The zero-order valence-electron chi connectivity index (χ0n) is 22.9. The van der Waals surface area contributed by atoms with Gasteiger partial charge in [0.2, 0.25) is 0 Å². The number of hydrogen-bond donors (Lipinski definition) is 2. The van der Waals surface area contributed by atoms with E-state index < -0.39 is 0 Å². The van der Waals surface area contributed by atoms with Crippen molar-refractivity contribution in [3.63, 3.8) is 0 Å². The maximum atomic E-state index is 12.1. The molecular weight excluding hydrogens is 622 g/mol. The van der Waals surface area contributed by atoms with Gasteiger partial charge in [0.25, 0.3) is 0 Å².